The number of benzene rings is 2. The normalized spacial score (nSPS) is 15.9. The van der Waals surface area contributed by atoms with Crippen LogP contribution in [-0.4, -0.2) is 31.5 Å². The van der Waals surface area contributed by atoms with Crippen molar-refractivity contribution in [1.82, 2.24) is 19.0 Å². The van der Waals surface area contributed by atoms with E-state index in [-0.39, 0.29) is 23.9 Å². The molecular weight excluding hydrogens is 376 g/mol. The number of hydrogen-bond acceptors (Lipinski definition) is 3. The molecule has 1 atom stereocenters. The van der Waals surface area contributed by atoms with Crippen molar-refractivity contribution in [1.29, 1.82) is 0 Å². The Hall–Kier alpha value is -3.67. The highest BCUT2D eigenvalue weighted by Gasteiger charge is 2.31. The van der Waals surface area contributed by atoms with Crippen molar-refractivity contribution in [3.63, 3.8) is 0 Å². The molecule has 0 spiro atoms. The van der Waals surface area contributed by atoms with Gasteiger partial charge < -0.3 is 9.47 Å². The maximum atomic E-state index is 13.2. The molecule has 30 heavy (non-hydrogen) atoms. The fraction of sp³-hybridized carbons (Fsp3) is 0.208. The largest absolute Gasteiger partial charge is 0.348 e. The Labute approximate surface area is 174 Å². The number of amides is 1. The van der Waals surface area contributed by atoms with E-state index in [9.17, 15) is 9.59 Å². The first-order valence-corrected chi connectivity index (χ1v) is 10.2. The fourth-order valence-electron chi connectivity index (χ4n) is 4.26. The van der Waals surface area contributed by atoms with E-state index in [1.807, 2.05) is 47.4 Å². The molecule has 3 heterocycles. The number of carbonyl (C=O) groups is 1. The second kappa shape index (κ2) is 7.63. The number of para-hydroxylation sites is 1. The first-order chi connectivity index (χ1) is 14.7. The summed E-state index contributed by atoms with van der Waals surface area (Å²) in [5.41, 5.74) is 2.77. The van der Waals surface area contributed by atoms with Crippen LogP contribution in [0.2, 0.25) is 0 Å². The van der Waals surface area contributed by atoms with Crippen LogP contribution >= 0.6 is 0 Å². The van der Waals surface area contributed by atoms with Gasteiger partial charge in [-0.25, -0.2) is 4.98 Å². The van der Waals surface area contributed by atoms with Gasteiger partial charge in [0.25, 0.3) is 5.56 Å². The van der Waals surface area contributed by atoms with Crippen LogP contribution in [-0.2, 0) is 17.9 Å². The van der Waals surface area contributed by atoms with Crippen LogP contribution < -0.4 is 5.56 Å². The molecule has 1 aliphatic heterocycles. The molecule has 0 N–H and O–H groups in total. The lowest BCUT2D eigenvalue weighted by Crippen LogP contribution is -2.42. The molecule has 4 aromatic rings. The van der Waals surface area contributed by atoms with Crippen LogP contribution in [0.5, 0.6) is 0 Å². The molecule has 2 aromatic heterocycles. The fourth-order valence-corrected chi connectivity index (χ4v) is 4.26. The van der Waals surface area contributed by atoms with Crippen LogP contribution in [0, 0.1) is 0 Å². The van der Waals surface area contributed by atoms with Crippen LogP contribution in [0.25, 0.3) is 10.9 Å². The molecule has 2 aromatic carbocycles. The number of hydrogen-bond donors (Lipinski definition) is 0. The van der Waals surface area contributed by atoms with Gasteiger partial charge in [-0.15, -0.1) is 0 Å². The molecule has 5 rings (SSSR count). The Morgan fingerprint density at radius 3 is 2.63 bits per heavy atom. The molecule has 1 amide bonds. The number of aryl methyl sites for hydroxylation is 1. The molecule has 0 aliphatic carbocycles. The van der Waals surface area contributed by atoms with Crippen molar-refractivity contribution < 1.29 is 4.79 Å². The Kier molecular flexibility index (Phi) is 4.67. The van der Waals surface area contributed by atoms with Gasteiger partial charge >= 0.3 is 0 Å². The zero-order chi connectivity index (χ0) is 20.5. The summed E-state index contributed by atoms with van der Waals surface area (Å²) in [5, 5.41) is 0.574. The minimum atomic E-state index is -0.117. The Bertz CT molecular complexity index is 1260. The van der Waals surface area contributed by atoms with E-state index < -0.39 is 0 Å². The summed E-state index contributed by atoms with van der Waals surface area (Å²) in [6, 6.07) is 21.4. The Balaban J connectivity index is 1.40. The van der Waals surface area contributed by atoms with Crippen LogP contribution in [0.3, 0.4) is 0 Å². The molecule has 1 unspecified atom stereocenters. The summed E-state index contributed by atoms with van der Waals surface area (Å²) in [7, 11) is 0. The molecular formula is C24H22N4O2. The Morgan fingerprint density at radius 2 is 1.77 bits per heavy atom. The van der Waals surface area contributed by atoms with Gasteiger partial charge in [-0.1, -0.05) is 42.5 Å². The number of rotatable bonds is 4. The van der Waals surface area contributed by atoms with E-state index in [1.165, 1.54) is 10.9 Å². The van der Waals surface area contributed by atoms with Crippen molar-refractivity contribution in [3.8, 4) is 0 Å². The van der Waals surface area contributed by atoms with Crippen molar-refractivity contribution in [2.24, 2.45) is 0 Å². The minimum absolute atomic E-state index is 0.0383. The molecule has 0 fully saturated rings. The monoisotopic (exact) mass is 398 g/mol. The van der Waals surface area contributed by atoms with Crippen molar-refractivity contribution in [3.05, 3.63) is 101 Å². The molecule has 6 heteroatoms. The van der Waals surface area contributed by atoms with E-state index in [0.717, 1.165) is 17.8 Å². The first-order valence-electron chi connectivity index (χ1n) is 10.2. The number of aromatic nitrogens is 3. The predicted octanol–water partition coefficient (Wildman–Crippen LogP) is 3.22. The van der Waals surface area contributed by atoms with Gasteiger partial charge in [0.2, 0.25) is 5.91 Å². The summed E-state index contributed by atoms with van der Waals surface area (Å²) in [6.07, 6.45) is 3.85. The first kappa shape index (κ1) is 18.4. The average Bonchev–Trinajstić information content (AvgIpc) is 3.27. The predicted molar refractivity (Wildman–Crippen MR) is 115 cm³/mol. The molecule has 1 aliphatic rings. The maximum Gasteiger partial charge on any atom is 0.261 e. The maximum absolute atomic E-state index is 13.2. The third kappa shape index (κ3) is 3.20. The molecule has 150 valence electrons. The SMILES string of the molecule is O=C(CCn1cnc2ccccc2c1=O)N1CCn2cccc2C1c1ccccc1. The quantitative estimate of drug-likeness (QED) is 0.530. The molecule has 0 bridgehead atoms. The summed E-state index contributed by atoms with van der Waals surface area (Å²) in [5.74, 6) is 0.0383. The summed E-state index contributed by atoms with van der Waals surface area (Å²) in [6.45, 7) is 1.73. The summed E-state index contributed by atoms with van der Waals surface area (Å²) < 4.78 is 3.74. The van der Waals surface area contributed by atoms with E-state index in [2.05, 4.69) is 33.9 Å². The number of fused-ring (bicyclic) bond motifs is 2. The second-order valence-electron chi connectivity index (χ2n) is 7.54. The lowest BCUT2D eigenvalue weighted by molar-refractivity contribution is -0.134. The van der Waals surface area contributed by atoms with E-state index in [4.69, 9.17) is 0 Å². The number of nitrogens with zero attached hydrogens (tertiary/aromatic N) is 4. The van der Waals surface area contributed by atoms with Gasteiger partial charge in [-0.05, 0) is 29.8 Å². The van der Waals surface area contributed by atoms with Gasteiger partial charge in [0.1, 0.15) is 0 Å². The van der Waals surface area contributed by atoms with Gasteiger partial charge in [0.05, 0.1) is 23.3 Å². The summed E-state index contributed by atoms with van der Waals surface area (Å²) >= 11 is 0. The number of carbonyl (C=O) groups excluding carboxylic acids is 1. The lowest BCUT2D eigenvalue weighted by atomic mass is 9.99. The van der Waals surface area contributed by atoms with Gasteiger partial charge in [0, 0.05) is 37.9 Å². The molecule has 0 radical (unpaired) electrons. The highest BCUT2D eigenvalue weighted by molar-refractivity contribution is 5.78. The molecule has 6 nitrogen and oxygen atoms in total. The van der Waals surface area contributed by atoms with Gasteiger partial charge in [-0.2, -0.15) is 0 Å². The zero-order valence-corrected chi connectivity index (χ0v) is 16.5. The average molecular weight is 398 g/mol. The third-order valence-electron chi connectivity index (χ3n) is 5.77. The van der Waals surface area contributed by atoms with Crippen LogP contribution in [0.1, 0.15) is 23.7 Å². The standard InChI is InChI=1S/C24H22N4O2/c29-22(12-14-27-17-25-20-10-5-4-9-19(20)24(27)30)28-16-15-26-13-6-11-21(26)23(28)18-7-2-1-3-8-18/h1-11,13,17,23H,12,14-16H2. The molecule has 0 saturated heterocycles. The van der Waals surface area contributed by atoms with Gasteiger partial charge in [-0.3, -0.25) is 14.2 Å². The summed E-state index contributed by atoms with van der Waals surface area (Å²) in [4.78, 5) is 32.3. The molecule has 0 saturated carbocycles. The van der Waals surface area contributed by atoms with Crippen molar-refractivity contribution >= 4 is 16.8 Å². The highest BCUT2D eigenvalue weighted by atomic mass is 16.2. The smallest absolute Gasteiger partial charge is 0.261 e. The van der Waals surface area contributed by atoms with Crippen molar-refractivity contribution in [2.75, 3.05) is 6.54 Å². The van der Waals surface area contributed by atoms with E-state index in [0.29, 0.717) is 24.0 Å². The van der Waals surface area contributed by atoms with E-state index >= 15 is 0 Å². The zero-order valence-electron chi connectivity index (χ0n) is 16.5. The Morgan fingerprint density at radius 1 is 0.967 bits per heavy atom. The third-order valence-corrected chi connectivity index (χ3v) is 5.77. The highest BCUT2D eigenvalue weighted by Crippen LogP contribution is 2.32. The van der Waals surface area contributed by atoms with Crippen LogP contribution in [0.15, 0.2) is 84.0 Å². The minimum Gasteiger partial charge on any atom is -0.348 e. The topological polar surface area (TPSA) is 60.1 Å². The lowest BCUT2D eigenvalue weighted by Gasteiger charge is -2.37. The van der Waals surface area contributed by atoms with E-state index in [1.54, 1.807) is 6.07 Å². The second-order valence-corrected chi connectivity index (χ2v) is 7.54. The van der Waals surface area contributed by atoms with Gasteiger partial charge in [0.15, 0.2) is 0 Å². The van der Waals surface area contributed by atoms with Crippen molar-refractivity contribution in [2.45, 2.75) is 25.6 Å². The van der Waals surface area contributed by atoms with Crippen LogP contribution in [0.4, 0.5) is 0 Å².